The van der Waals surface area contributed by atoms with Gasteiger partial charge in [0.05, 0.1) is 0 Å². The first kappa shape index (κ1) is 21.1. The molecule has 2 aliphatic heterocycles. The first-order valence-electron chi connectivity index (χ1n) is 10.4. The van der Waals surface area contributed by atoms with Gasteiger partial charge in [0.1, 0.15) is 11.6 Å². The molecule has 2 N–H and O–H groups in total. The van der Waals surface area contributed by atoms with Gasteiger partial charge >= 0.3 is 5.97 Å². The van der Waals surface area contributed by atoms with E-state index in [0.29, 0.717) is 12.1 Å². The number of esters is 1. The quantitative estimate of drug-likeness (QED) is 0.740. The highest BCUT2D eigenvalue weighted by Gasteiger charge is 2.36. The summed E-state index contributed by atoms with van der Waals surface area (Å²) in [5.74, 6) is -1.22. The average molecular weight is 402 g/mol. The number of nitrogens with zero attached hydrogens (tertiary/aromatic N) is 2. The highest BCUT2D eigenvalue weighted by Crippen LogP contribution is 2.31. The number of nitrogens with two attached hydrogens (primary N) is 1. The van der Waals surface area contributed by atoms with E-state index in [-0.39, 0.29) is 18.7 Å². The third-order valence-corrected chi connectivity index (χ3v) is 5.39. The van der Waals surface area contributed by atoms with Gasteiger partial charge in [-0.05, 0) is 70.2 Å². The Morgan fingerprint density at radius 1 is 1.17 bits per heavy atom. The Morgan fingerprint density at radius 3 is 2.48 bits per heavy atom. The molecular weight excluding hydrogens is 370 g/mol. The van der Waals surface area contributed by atoms with Crippen LogP contribution < -0.4 is 10.6 Å². The Balaban J connectivity index is 1.70. The number of fused-ring (bicyclic) bond motifs is 1. The van der Waals surface area contributed by atoms with Gasteiger partial charge in [0.2, 0.25) is 5.91 Å². The summed E-state index contributed by atoms with van der Waals surface area (Å²) in [6.07, 6.45) is 3.80. The molecule has 2 heterocycles. The van der Waals surface area contributed by atoms with Crippen molar-refractivity contribution in [2.75, 3.05) is 18.0 Å². The van der Waals surface area contributed by atoms with Crippen LogP contribution in [0.3, 0.4) is 0 Å². The molecule has 0 aliphatic carbocycles. The third-order valence-electron chi connectivity index (χ3n) is 5.39. The molecule has 1 atom stereocenters. The second kappa shape index (κ2) is 8.43. The minimum atomic E-state index is -0.833. The van der Waals surface area contributed by atoms with E-state index in [1.807, 2.05) is 18.2 Å². The molecule has 3 rings (SSSR count). The number of ether oxygens (including phenoxy) is 1. The van der Waals surface area contributed by atoms with Crippen LogP contribution in [0.2, 0.25) is 0 Å². The van der Waals surface area contributed by atoms with Crippen LogP contribution >= 0.6 is 0 Å². The van der Waals surface area contributed by atoms with Crippen LogP contribution in [0, 0.1) is 0 Å². The zero-order valence-corrected chi connectivity index (χ0v) is 17.6. The van der Waals surface area contributed by atoms with Crippen molar-refractivity contribution in [2.45, 2.75) is 71.1 Å². The maximum atomic E-state index is 12.9. The monoisotopic (exact) mass is 401 g/mol. The van der Waals surface area contributed by atoms with E-state index in [4.69, 9.17) is 10.5 Å². The lowest BCUT2D eigenvalue weighted by Crippen LogP contribution is -2.45. The fourth-order valence-electron chi connectivity index (χ4n) is 4.03. The van der Waals surface area contributed by atoms with E-state index in [9.17, 15) is 14.4 Å². The molecule has 0 bridgehead atoms. The third kappa shape index (κ3) is 5.08. The number of hydrogen-bond donors (Lipinski definition) is 1. The Kier molecular flexibility index (Phi) is 6.15. The van der Waals surface area contributed by atoms with Gasteiger partial charge in [0.25, 0.3) is 5.91 Å². The molecule has 0 spiro atoms. The number of piperidine rings is 1. The van der Waals surface area contributed by atoms with Crippen molar-refractivity contribution in [3.05, 3.63) is 29.3 Å². The van der Waals surface area contributed by atoms with Crippen molar-refractivity contribution in [1.82, 2.24) is 4.90 Å². The average Bonchev–Trinajstić information content (AvgIpc) is 2.97. The van der Waals surface area contributed by atoms with Crippen molar-refractivity contribution in [3.8, 4) is 0 Å². The molecule has 7 heteroatoms. The van der Waals surface area contributed by atoms with E-state index in [1.54, 1.807) is 20.8 Å². The van der Waals surface area contributed by atoms with Gasteiger partial charge in [0, 0.05) is 37.3 Å². The number of primary amides is 1. The molecule has 29 heavy (non-hydrogen) atoms. The molecule has 0 aromatic heterocycles. The van der Waals surface area contributed by atoms with Crippen LogP contribution in [-0.2, 0) is 20.9 Å². The zero-order valence-electron chi connectivity index (χ0n) is 17.6. The fourth-order valence-corrected chi connectivity index (χ4v) is 4.03. The summed E-state index contributed by atoms with van der Waals surface area (Å²) >= 11 is 0. The van der Waals surface area contributed by atoms with Gasteiger partial charge in [-0.15, -0.1) is 0 Å². The van der Waals surface area contributed by atoms with E-state index in [2.05, 4.69) is 4.90 Å². The van der Waals surface area contributed by atoms with Gasteiger partial charge in [-0.2, -0.15) is 0 Å². The highest BCUT2D eigenvalue weighted by molar-refractivity contribution is 6.01. The van der Waals surface area contributed by atoms with E-state index in [1.165, 1.54) is 24.2 Å². The summed E-state index contributed by atoms with van der Waals surface area (Å²) in [6, 6.07) is 5.03. The summed E-state index contributed by atoms with van der Waals surface area (Å²) in [5, 5.41) is 0. The van der Waals surface area contributed by atoms with Crippen LogP contribution in [0.25, 0.3) is 0 Å². The van der Waals surface area contributed by atoms with Crippen molar-refractivity contribution in [3.63, 3.8) is 0 Å². The molecule has 2 aliphatic rings. The molecule has 2 amide bonds. The molecule has 0 saturated carbocycles. The van der Waals surface area contributed by atoms with Gasteiger partial charge in [-0.1, -0.05) is 0 Å². The predicted octanol–water partition coefficient (Wildman–Crippen LogP) is 2.61. The summed E-state index contributed by atoms with van der Waals surface area (Å²) in [6.45, 7) is 7.75. The number of anilines is 1. The second-order valence-corrected chi connectivity index (χ2v) is 8.87. The van der Waals surface area contributed by atoms with Gasteiger partial charge in [0.15, 0.2) is 0 Å². The number of carbonyl (C=O) groups is 3. The molecular formula is C22H31N3O4. The van der Waals surface area contributed by atoms with E-state index < -0.39 is 23.5 Å². The molecule has 1 aromatic rings. The molecule has 0 radical (unpaired) electrons. The maximum Gasteiger partial charge on any atom is 0.306 e. The van der Waals surface area contributed by atoms with Crippen LogP contribution in [-0.4, -0.2) is 47.4 Å². The lowest BCUT2D eigenvalue weighted by atomic mass is 10.1. The van der Waals surface area contributed by atoms with Crippen LogP contribution in [0.5, 0.6) is 0 Å². The SMILES string of the molecule is CC(C)(C)OC(=O)CC[C@@H](C(N)=O)N1Cc2cc(N3CCCCC3)ccc2C1=O. The Hall–Kier alpha value is -2.57. The van der Waals surface area contributed by atoms with Crippen molar-refractivity contribution >= 4 is 23.5 Å². The van der Waals surface area contributed by atoms with Gasteiger partial charge < -0.3 is 20.3 Å². The van der Waals surface area contributed by atoms with Gasteiger partial charge in [-0.25, -0.2) is 0 Å². The predicted molar refractivity (Wildman–Crippen MR) is 110 cm³/mol. The van der Waals surface area contributed by atoms with E-state index in [0.717, 1.165) is 24.3 Å². The minimum absolute atomic E-state index is 0.0318. The van der Waals surface area contributed by atoms with Crippen molar-refractivity contribution in [2.24, 2.45) is 5.73 Å². The smallest absolute Gasteiger partial charge is 0.306 e. The topological polar surface area (TPSA) is 92.9 Å². The number of benzene rings is 1. The van der Waals surface area contributed by atoms with Crippen LogP contribution in [0.4, 0.5) is 5.69 Å². The number of hydrogen-bond acceptors (Lipinski definition) is 5. The normalized spacial score (nSPS) is 17.8. The molecule has 1 aromatic carbocycles. The van der Waals surface area contributed by atoms with E-state index >= 15 is 0 Å². The minimum Gasteiger partial charge on any atom is -0.460 e. The molecule has 1 fully saturated rings. The molecule has 1 saturated heterocycles. The number of amides is 2. The first-order valence-corrected chi connectivity index (χ1v) is 10.4. The summed E-state index contributed by atoms with van der Waals surface area (Å²) < 4.78 is 5.30. The second-order valence-electron chi connectivity index (χ2n) is 8.87. The van der Waals surface area contributed by atoms with Gasteiger partial charge in [-0.3, -0.25) is 14.4 Å². The highest BCUT2D eigenvalue weighted by atomic mass is 16.6. The first-order chi connectivity index (χ1) is 13.7. The summed E-state index contributed by atoms with van der Waals surface area (Å²) in [4.78, 5) is 40.8. The lowest BCUT2D eigenvalue weighted by Gasteiger charge is -2.29. The van der Waals surface area contributed by atoms with Crippen LogP contribution in [0.15, 0.2) is 18.2 Å². The Labute approximate surface area is 172 Å². The Morgan fingerprint density at radius 2 is 1.86 bits per heavy atom. The van der Waals surface area contributed by atoms with Crippen molar-refractivity contribution in [1.29, 1.82) is 0 Å². The molecule has 0 unspecified atom stereocenters. The largest absolute Gasteiger partial charge is 0.460 e. The zero-order chi connectivity index (χ0) is 21.2. The Bertz CT molecular complexity index is 794. The number of rotatable bonds is 6. The summed E-state index contributed by atoms with van der Waals surface area (Å²) in [7, 11) is 0. The summed E-state index contributed by atoms with van der Waals surface area (Å²) in [5.41, 5.74) is 7.61. The molecule has 7 nitrogen and oxygen atoms in total. The lowest BCUT2D eigenvalue weighted by molar-refractivity contribution is -0.155. The standard InChI is InChI=1S/C22H31N3O4/c1-22(2,3)29-19(26)10-9-18(20(23)27)25-14-15-13-16(7-8-17(15)21(25)28)24-11-5-4-6-12-24/h7-8,13,18H,4-6,9-12,14H2,1-3H3,(H2,23,27)/t18-/m0/s1. The fraction of sp³-hybridized carbons (Fsp3) is 0.591. The maximum absolute atomic E-state index is 12.9. The number of carbonyl (C=O) groups excluding carboxylic acids is 3. The van der Waals surface area contributed by atoms with Crippen molar-refractivity contribution < 1.29 is 19.1 Å². The van der Waals surface area contributed by atoms with Crippen LogP contribution in [0.1, 0.15) is 68.8 Å². The molecule has 158 valence electrons.